The van der Waals surface area contributed by atoms with E-state index in [1.54, 1.807) is 17.4 Å². The van der Waals surface area contributed by atoms with Crippen molar-refractivity contribution in [2.75, 3.05) is 6.54 Å². The number of hydrogen-bond acceptors (Lipinski definition) is 2. The molecule has 0 fully saturated rings. The van der Waals surface area contributed by atoms with Crippen molar-refractivity contribution in [1.82, 2.24) is 5.32 Å². The zero-order valence-electron chi connectivity index (χ0n) is 11.1. The van der Waals surface area contributed by atoms with Gasteiger partial charge in [-0.3, -0.25) is 0 Å². The van der Waals surface area contributed by atoms with E-state index in [0.29, 0.717) is 6.42 Å². The van der Waals surface area contributed by atoms with Crippen LogP contribution in [0.2, 0.25) is 0 Å². The van der Waals surface area contributed by atoms with E-state index >= 15 is 0 Å². The van der Waals surface area contributed by atoms with Crippen LogP contribution < -0.4 is 5.32 Å². The van der Waals surface area contributed by atoms with Gasteiger partial charge < -0.3 is 5.32 Å². The van der Waals surface area contributed by atoms with Crippen LogP contribution in [0.4, 0.5) is 8.78 Å². The van der Waals surface area contributed by atoms with Crippen LogP contribution in [0.15, 0.2) is 34.1 Å². The molecule has 0 amide bonds. The zero-order chi connectivity index (χ0) is 14.5. The summed E-state index contributed by atoms with van der Waals surface area (Å²) in [5.41, 5.74) is 0.794. The quantitative estimate of drug-likeness (QED) is 0.758. The molecule has 108 valence electrons. The Morgan fingerprint density at radius 3 is 2.60 bits per heavy atom. The van der Waals surface area contributed by atoms with E-state index in [9.17, 15) is 8.78 Å². The average molecular weight is 360 g/mol. The van der Waals surface area contributed by atoms with Crippen molar-refractivity contribution in [3.63, 3.8) is 0 Å². The van der Waals surface area contributed by atoms with Crippen molar-refractivity contribution < 1.29 is 8.78 Å². The smallest absolute Gasteiger partial charge is 0.159 e. The molecule has 1 unspecified atom stereocenters. The summed E-state index contributed by atoms with van der Waals surface area (Å²) in [5.74, 6) is -1.59. The number of thiophene rings is 1. The third kappa shape index (κ3) is 4.11. The lowest BCUT2D eigenvalue weighted by atomic mass is 10.0. The number of halogens is 3. The van der Waals surface area contributed by atoms with Crippen molar-refractivity contribution in [1.29, 1.82) is 0 Å². The van der Waals surface area contributed by atoms with Gasteiger partial charge in [0.15, 0.2) is 11.6 Å². The highest BCUT2D eigenvalue weighted by molar-refractivity contribution is 9.11. The molecular formula is C15H16BrF2NS. The van der Waals surface area contributed by atoms with Crippen molar-refractivity contribution in [2.45, 2.75) is 25.8 Å². The minimum atomic E-state index is -0.800. The predicted molar refractivity (Wildman–Crippen MR) is 83.1 cm³/mol. The summed E-state index contributed by atoms with van der Waals surface area (Å²) >= 11 is 5.12. The minimum absolute atomic E-state index is 0.121. The maximum absolute atomic E-state index is 13.3. The van der Waals surface area contributed by atoms with Crippen LogP contribution in [0.25, 0.3) is 0 Å². The molecule has 0 aliphatic carbocycles. The van der Waals surface area contributed by atoms with Gasteiger partial charge in [-0.2, -0.15) is 0 Å². The Morgan fingerprint density at radius 2 is 2.00 bits per heavy atom. The van der Waals surface area contributed by atoms with Gasteiger partial charge in [0.2, 0.25) is 0 Å². The summed E-state index contributed by atoms with van der Waals surface area (Å²) < 4.78 is 27.3. The molecular weight excluding hydrogens is 344 g/mol. The standard InChI is InChI=1S/C15H16BrF2NS/c1-2-7-19-13(14-5-6-15(16)20-14)9-10-3-4-11(17)12(18)8-10/h3-6,8,13,19H,2,7,9H2,1H3. The largest absolute Gasteiger partial charge is 0.309 e. The monoisotopic (exact) mass is 359 g/mol. The van der Waals surface area contributed by atoms with Gasteiger partial charge >= 0.3 is 0 Å². The molecule has 0 radical (unpaired) electrons. The number of hydrogen-bond donors (Lipinski definition) is 1. The van der Waals surface area contributed by atoms with E-state index in [2.05, 4.69) is 34.2 Å². The molecule has 1 aromatic carbocycles. The van der Waals surface area contributed by atoms with E-state index in [1.165, 1.54) is 17.0 Å². The second-order valence-electron chi connectivity index (χ2n) is 4.60. The Hall–Kier alpha value is -0.780. The maximum Gasteiger partial charge on any atom is 0.159 e. The molecule has 0 spiro atoms. The van der Waals surface area contributed by atoms with E-state index in [4.69, 9.17) is 0 Å². The Balaban J connectivity index is 2.16. The Labute approximate surface area is 130 Å². The van der Waals surface area contributed by atoms with Gasteiger partial charge in [-0.05, 0) is 65.1 Å². The van der Waals surface area contributed by atoms with Crippen LogP contribution in [0.5, 0.6) is 0 Å². The first kappa shape index (κ1) is 15.6. The molecule has 0 aliphatic rings. The lowest BCUT2D eigenvalue weighted by molar-refractivity contribution is 0.501. The SMILES string of the molecule is CCCNC(Cc1ccc(F)c(F)c1)c1ccc(Br)s1. The fourth-order valence-electron chi connectivity index (χ4n) is 2.01. The highest BCUT2D eigenvalue weighted by atomic mass is 79.9. The molecule has 0 saturated carbocycles. The first-order chi connectivity index (χ1) is 9.60. The van der Waals surface area contributed by atoms with Crippen LogP contribution in [-0.4, -0.2) is 6.54 Å². The van der Waals surface area contributed by atoms with Crippen molar-refractivity contribution in [3.05, 3.63) is 56.2 Å². The number of rotatable bonds is 6. The molecule has 1 heterocycles. The predicted octanol–water partition coefficient (Wildman–Crippen LogP) is 5.07. The minimum Gasteiger partial charge on any atom is -0.309 e. The number of benzene rings is 1. The van der Waals surface area contributed by atoms with E-state index in [0.717, 1.165) is 22.3 Å². The molecule has 2 aromatic rings. The summed E-state index contributed by atoms with van der Waals surface area (Å²) in [5, 5.41) is 3.45. The molecule has 0 aliphatic heterocycles. The molecule has 20 heavy (non-hydrogen) atoms. The average Bonchev–Trinajstić information content (AvgIpc) is 2.85. The van der Waals surface area contributed by atoms with Gasteiger partial charge in [0.25, 0.3) is 0 Å². The Morgan fingerprint density at radius 1 is 1.20 bits per heavy atom. The second-order valence-corrected chi connectivity index (χ2v) is 7.10. The second kappa shape index (κ2) is 7.29. The normalized spacial score (nSPS) is 12.6. The van der Waals surface area contributed by atoms with Gasteiger partial charge in [0.05, 0.1) is 3.79 Å². The highest BCUT2D eigenvalue weighted by Crippen LogP contribution is 2.29. The summed E-state index contributed by atoms with van der Waals surface area (Å²) in [6, 6.07) is 8.29. The van der Waals surface area contributed by atoms with Gasteiger partial charge in [0, 0.05) is 10.9 Å². The third-order valence-corrected chi connectivity index (χ3v) is 4.74. The maximum atomic E-state index is 13.3. The van der Waals surface area contributed by atoms with E-state index in [-0.39, 0.29) is 6.04 Å². The lowest BCUT2D eigenvalue weighted by Crippen LogP contribution is -2.23. The Kier molecular flexibility index (Phi) is 5.69. The topological polar surface area (TPSA) is 12.0 Å². The van der Waals surface area contributed by atoms with Crippen LogP contribution >= 0.6 is 27.3 Å². The molecule has 1 atom stereocenters. The van der Waals surface area contributed by atoms with Gasteiger partial charge in [-0.25, -0.2) is 8.78 Å². The van der Waals surface area contributed by atoms with Gasteiger partial charge in [-0.15, -0.1) is 11.3 Å². The molecule has 1 N–H and O–H groups in total. The number of nitrogens with one attached hydrogen (secondary N) is 1. The van der Waals surface area contributed by atoms with Crippen LogP contribution in [0.3, 0.4) is 0 Å². The molecule has 5 heteroatoms. The Bertz CT molecular complexity index is 571. The zero-order valence-corrected chi connectivity index (χ0v) is 13.5. The summed E-state index contributed by atoms with van der Waals surface area (Å²) in [6.07, 6.45) is 1.67. The van der Waals surface area contributed by atoms with E-state index in [1.807, 2.05) is 6.07 Å². The molecule has 0 bridgehead atoms. The summed E-state index contributed by atoms with van der Waals surface area (Å²) in [4.78, 5) is 1.19. The fourth-order valence-corrected chi connectivity index (χ4v) is 3.51. The third-order valence-electron chi connectivity index (χ3n) is 3.00. The van der Waals surface area contributed by atoms with Crippen LogP contribution in [0, 0.1) is 11.6 Å². The summed E-state index contributed by atoms with van der Waals surface area (Å²) in [6.45, 7) is 3.00. The fraction of sp³-hybridized carbons (Fsp3) is 0.333. The highest BCUT2D eigenvalue weighted by Gasteiger charge is 2.15. The van der Waals surface area contributed by atoms with Crippen LogP contribution in [-0.2, 0) is 6.42 Å². The van der Waals surface area contributed by atoms with Gasteiger partial charge in [-0.1, -0.05) is 13.0 Å². The summed E-state index contributed by atoms with van der Waals surface area (Å²) in [7, 11) is 0. The first-order valence-electron chi connectivity index (χ1n) is 6.52. The van der Waals surface area contributed by atoms with Crippen molar-refractivity contribution in [2.24, 2.45) is 0 Å². The molecule has 2 rings (SSSR count). The van der Waals surface area contributed by atoms with Gasteiger partial charge in [0.1, 0.15) is 0 Å². The first-order valence-corrected chi connectivity index (χ1v) is 8.13. The molecule has 0 saturated heterocycles. The lowest BCUT2D eigenvalue weighted by Gasteiger charge is -2.17. The van der Waals surface area contributed by atoms with Crippen molar-refractivity contribution in [3.8, 4) is 0 Å². The molecule has 1 nitrogen and oxygen atoms in total. The van der Waals surface area contributed by atoms with Crippen molar-refractivity contribution >= 4 is 27.3 Å². The molecule has 1 aromatic heterocycles. The van der Waals surface area contributed by atoms with E-state index < -0.39 is 11.6 Å². The van der Waals surface area contributed by atoms with Crippen LogP contribution in [0.1, 0.15) is 29.8 Å².